The number of nitrogens with one attached hydrogen (secondary N) is 1. The van der Waals surface area contributed by atoms with Gasteiger partial charge in [-0.15, -0.1) is 0 Å². The second-order valence-corrected chi connectivity index (χ2v) is 6.26. The third-order valence-electron chi connectivity index (χ3n) is 3.31. The van der Waals surface area contributed by atoms with E-state index >= 15 is 0 Å². The SMILES string of the molecule is CSCCC(CN)NCC(C(C)C)C(C)C. The van der Waals surface area contributed by atoms with Gasteiger partial charge in [-0.3, -0.25) is 0 Å². The molecule has 0 aliphatic carbocycles. The number of rotatable bonds is 9. The van der Waals surface area contributed by atoms with E-state index in [2.05, 4.69) is 39.3 Å². The molecule has 0 aromatic carbocycles. The molecule has 16 heavy (non-hydrogen) atoms. The molecule has 0 aromatic heterocycles. The van der Waals surface area contributed by atoms with Gasteiger partial charge in [0, 0.05) is 12.6 Å². The van der Waals surface area contributed by atoms with Crippen molar-refractivity contribution in [2.75, 3.05) is 25.1 Å². The highest BCUT2D eigenvalue weighted by Gasteiger charge is 2.18. The molecular weight excluding hydrogens is 216 g/mol. The van der Waals surface area contributed by atoms with Crippen LogP contribution in [0.25, 0.3) is 0 Å². The average Bonchev–Trinajstić information content (AvgIpc) is 2.22. The summed E-state index contributed by atoms with van der Waals surface area (Å²) in [5.74, 6) is 3.43. The fourth-order valence-electron chi connectivity index (χ4n) is 2.11. The van der Waals surface area contributed by atoms with Gasteiger partial charge in [0.25, 0.3) is 0 Å². The van der Waals surface area contributed by atoms with Crippen molar-refractivity contribution in [1.29, 1.82) is 0 Å². The zero-order chi connectivity index (χ0) is 12.6. The van der Waals surface area contributed by atoms with Crippen LogP contribution in [0.4, 0.5) is 0 Å². The number of hydrogen-bond acceptors (Lipinski definition) is 3. The Balaban J connectivity index is 3.96. The molecule has 0 heterocycles. The van der Waals surface area contributed by atoms with Crippen LogP contribution in [0.2, 0.25) is 0 Å². The second kappa shape index (κ2) is 9.32. The van der Waals surface area contributed by atoms with Crippen molar-refractivity contribution < 1.29 is 0 Å². The summed E-state index contributed by atoms with van der Waals surface area (Å²) in [6, 6.07) is 0.493. The lowest BCUT2D eigenvalue weighted by atomic mass is 9.85. The van der Waals surface area contributed by atoms with E-state index in [0.717, 1.165) is 30.8 Å². The molecule has 3 heteroatoms. The van der Waals surface area contributed by atoms with Crippen molar-refractivity contribution in [1.82, 2.24) is 5.32 Å². The summed E-state index contributed by atoms with van der Waals surface area (Å²) in [5.41, 5.74) is 5.78. The van der Waals surface area contributed by atoms with Crippen molar-refractivity contribution in [2.24, 2.45) is 23.5 Å². The van der Waals surface area contributed by atoms with Crippen LogP contribution in [0.3, 0.4) is 0 Å². The summed E-state index contributed by atoms with van der Waals surface area (Å²) in [7, 11) is 0. The first-order chi connectivity index (χ1) is 7.52. The highest BCUT2D eigenvalue weighted by Crippen LogP contribution is 2.19. The maximum Gasteiger partial charge on any atom is 0.0198 e. The van der Waals surface area contributed by atoms with Crippen molar-refractivity contribution in [3.05, 3.63) is 0 Å². The predicted octanol–water partition coefficient (Wildman–Crippen LogP) is 2.58. The van der Waals surface area contributed by atoms with Crippen LogP contribution in [0, 0.1) is 17.8 Å². The molecule has 0 spiro atoms. The summed E-state index contributed by atoms with van der Waals surface area (Å²) in [6.45, 7) is 11.1. The minimum absolute atomic E-state index is 0.493. The van der Waals surface area contributed by atoms with Gasteiger partial charge in [0.2, 0.25) is 0 Å². The van der Waals surface area contributed by atoms with Crippen molar-refractivity contribution in [3.8, 4) is 0 Å². The standard InChI is InChI=1S/C13H30N2S/c1-10(2)13(11(3)4)9-15-12(8-14)6-7-16-5/h10-13,15H,6-9,14H2,1-5H3. The van der Waals surface area contributed by atoms with E-state index in [0.29, 0.717) is 6.04 Å². The highest BCUT2D eigenvalue weighted by molar-refractivity contribution is 7.98. The van der Waals surface area contributed by atoms with Crippen LogP contribution < -0.4 is 11.1 Å². The van der Waals surface area contributed by atoms with Crippen LogP contribution in [-0.2, 0) is 0 Å². The summed E-state index contributed by atoms with van der Waals surface area (Å²) in [5, 5.41) is 3.63. The molecule has 0 fully saturated rings. The van der Waals surface area contributed by atoms with Crippen LogP contribution in [0.5, 0.6) is 0 Å². The zero-order valence-electron chi connectivity index (χ0n) is 11.6. The van der Waals surface area contributed by atoms with Gasteiger partial charge >= 0.3 is 0 Å². The van der Waals surface area contributed by atoms with Gasteiger partial charge in [-0.1, -0.05) is 27.7 Å². The molecule has 0 aliphatic rings. The molecule has 0 bridgehead atoms. The van der Waals surface area contributed by atoms with E-state index in [4.69, 9.17) is 5.73 Å². The molecule has 2 nitrogen and oxygen atoms in total. The summed E-state index contributed by atoms with van der Waals surface area (Å²) in [4.78, 5) is 0. The molecule has 3 N–H and O–H groups in total. The van der Waals surface area contributed by atoms with E-state index in [-0.39, 0.29) is 0 Å². The van der Waals surface area contributed by atoms with E-state index in [1.165, 1.54) is 12.2 Å². The molecule has 0 saturated heterocycles. The Labute approximate surface area is 106 Å². The Kier molecular flexibility index (Phi) is 9.47. The van der Waals surface area contributed by atoms with E-state index in [1.54, 1.807) is 0 Å². The van der Waals surface area contributed by atoms with Gasteiger partial charge in [0.15, 0.2) is 0 Å². The maximum atomic E-state index is 5.78. The molecule has 0 radical (unpaired) electrons. The second-order valence-electron chi connectivity index (χ2n) is 5.27. The summed E-state index contributed by atoms with van der Waals surface area (Å²) < 4.78 is 0. The first-order valence-electron chi connectivity index (χ1n) is 6.45. The molecule has 1 atom stereocenters. The molecule has 0 aromatic rings. The zero-order valence-corrected chi connectivity index (χ0v) is 12.4. The molecule has 0 aliphatic heterocycles. The van der Waals surface area contributed by atoms with Gasteiger partial charge in [0.1, 0.15) is 0 Å². The largest absolute Gasteiger partial charge is 0.329 e. The molecular formula is C13H30N2S. The molecule has 1 unspecified atom stereocenters. The first-order valence-corrected chi connectivity index (χ1v) is 7.84. The Morgan fingerprint density at radius 1 is 1.12 bits per heavy atom. The summed E-state index contributed by atoms with van der Waals surface area (Å²) in [6.07, 6.45) is 3.33. The van der Waals surface area contributed by atoms with Crippen LogP contribution in [-0.4, -0.2) is 31.1 Å². The highest BCUT2D eigenvalue weighted by atomic mass is 32.2. The molecule has 0 rings (SSSR count). The molecule has 98 valence electrons. The molecule has 0 saturated carbocycles. The van der Waals surface area contributed by atoms with Crippen molar-refractivity contribution >= 4 is 11.8 Å². The molecule has 0 amide bonds. The van der Waals surface area contributed by atoms with Crippen LogP contribution in [0.1, 0.15) is 34.1 Å². The Hall–Kier alpha value is 0.270. The minimum Gasteiger partial charge on any atom is -0.329 e. The number of hydrogen-bond donors (Lipinski definition) is 2. The monoisotopic (exact) mass is 246 g/mol. The summed E-state index contributed by atoms with van der Waals surface area (Å²) >= 11 is 1.90. The normalized spacial score (nSPS) is 14.1. The van der Waals surface area contributed by atoms with Crippen LogP contribution in [0.15, 0.2) is 0 Å². The van der Waals surface area contributed by atoms with Gasteiger partial charge in [-0.2, -0.15) is 11.8 Å². The van der Waals surface area contributed by atoms with E-state index < -0.39 is 0 Å². The fourth-order valence-corrected chi connectivity index (χ4v) is 2.63. The van der Waals surface area contributed by atoms with Crippen LogP contribution >= 0.6 is 11.8 Å². The topological polar surface area (TPSA) is 38.0 Å². The van der Waals surface area contributed by atoms with Gasteiger partial charge < -0.3 is 11.1 Å². The number of thioether (sulfide) groups is 1. The van der Waals surface area contributed by atoms with Crippen molar-refractivity contribution in [2.45, 2.75) is 40.2 Å². The fraction of sp³-hybridized carbons (Fsp3) is 1.00. The third-order valence-corrected chi connectivity index (χ3v) is 3.95. The number of nitrogens with two attached hydrogens (primary N) is 1. The van der Waals surface area contributed by atoms with E-state index in [9.17, 15) is 0 Å². The Bertz CT molecular complexity index is 152. The predicted molar refractivity (Wildman–Crippen MR) is 77.0 cm³/mol. The van der Waals surface area contributed by atoms with Gasteiger partial charge in [-0.25, -0.2) is 0 Å². The lowest BCUT2D eigenvalue weighted by molar-refractivity contribution is 0.265. The first kappa shape index (κ1) is 16.3. The van der Waals surface area contributed by atoms with Gasteiger partial charge in [-0.05, 0) is 42.7 Å². The lowest BCUT2D eigenvalue weighted by Gasteiger charge is -2.27. The lowest BCUT2D eigenvalue weighted by Crippen LogP contribution is -2.41. The maximum absolute atomic E-state index is 5.78. The van der Waals surface area contributed by atoms with E-state index in [1.807, 2.05) is 11.8 Å². The van der Waals surface area contributed by atoms with Crippen molar-refractivity contribution in [3.63, 3.8) is 0 Å². The average molecular weight is 246 g/mol. The smallest absolute Gasteiger partial charge is 0.0198 e. The Morgan fingerprint density at radius 3 is 2.06 bits per heavy atom. The third kappa shape index (κ3) is 6.77. The Morgan fingerprint density at radius 2 is 1.69 bits per heavy atom. The van der Waals surface area contributed by atoms with Gasteiger partial charge in [0.05, 0.1) is 0 Å². The quantitative estimate of drug-likeness (QED) is 0.657. The minimum atomic E-state index is 0.493.